The van der Waals surface area contributed by atoms with E-state index in [2.05, 4.69) is 4.99 Å². The molecule has 1 N–H and O–H groups in total. The van der Waals surface area contributed by atoms with Crippen molar-refractivity contribution in [2.24, 2.45) is 4.99 Å². The van der Waals surface area contributed by atoms with Crippen molar-refractivity contribution < 1.29 is 27.8 Å². The van der Waals surface area contributed by atoms with Gasteiger partial charge >= 0.3 is 5.97 Å². The van der Waals surface area contributed by atoms with Gasteiger partial charge in [0.25, 0.3) is 0 Å². The molecular formula is C18H17F3N2O3. The van der Waals surface area contributed by atoms with Gasteiger partial charge in [0.2, 0.25) is 0 Å². The molecule has 2 aliphatic heterocycles. The van der Waals surface area contributed by atoms with Crippen LogP contribution in [-0.4, -0.2) is 33.4 Å². The summed E-state index contributed by atoms with van der Waals surface area (Å²) in [6, 6.07) is 0.576. The van der Waals surface area contributed by atoms with Crippen molar-refractivity contribution in [1.82, 2.24) is 4.90 Å². The number of carboxylic acids is 1. The lowest BCUT2D eigenvalue weighted by Gasteiger charge is -2.30. The number of nitrogens with zero attached hydrogens (tertiary/aromatic N) is 2. The van der Waals surface area contributed by atoms with Gasteiger partial charge in [0.05, 0.1) is 11.1 Å². The van der Waals surface area contributed by atoms with Gasteiger partial charge in [-0.05, 0) is 44.6 Å². The van der Waals surface area contributed by atoms with E-state index >= 15 is 0 Å². The fourth-order valence-electron chi connectivity index (χ4n) is 3.08. The van der Waals surface area contributed by atoms with Crippen LogP contribution >= 0.6 is 0 Å². The Balaban J connectivity index is 1.91. The molecular weight excluding hydrogens is 349 g/mol. The monoisotopic (exact) mass is 366 g/mol. The van der Waals surface area contributed by atoms with Crippen LogP contribution in [0, 0.1) is 17.5 Å². The number of fused-ring (bicyclic) bond motifs is 1. The second-order valence-electron chi connectivity index (χ2n) is 6.73. The summed E-state index contributed by atoms with van der Waals surface area (Å²) in [6.07, 6.45) is 3.22. The molecule has 1 atom stereocenters. The molecule has 1 aromatic rings. The molecule has 0 spiro atoms. The lowest BCUT2D eigenvalue weighted by molar-refractivity contribution is -0.142. The third-order valence-electron chi connectivity index (χ3n) is 4.25. The van der Waals surface area contributed by atoms with Crippen LogP contribution < -0.4 is 0 Å². The van der Waals surface area contributed by atoms with E-state index in [4.69, 9.17) is 4.74 Å². The molecule has 0 amide bonds. The molecule has 0 radical (unpaired) electrons. The summed E-state index contributed by atoms with van der Waals surface area (Å²) in [6.45, 7) is 4.51. The van der Waals surface area contributed by atoms with Gasteiger partial charge in [-0.25, -0.2) is 18.0 Å². The Labute approximate surface area is 148 Å². The largest absolute Gasteiger partial charge is 0.485 e. The Kier molecular flexibility index (Phi) is 4.29. The topological polar surface area (TPSA) is 62.1 Å². The number of halogens is 3. The average Bonchev–Trinajstić information content (AvgIpc) is 2.81. The summed E-state index contributed by atoms with van der Waals surface area (Å²) in [5.41, 5.74) is -0.791. The molecule has 0 aromatic heterocycles. The summed E-state index contributed by atoms with van der Waals surface area (Å²) >= 11 is 0. The maximum atomic E-state index is 13.8. The maximum Gasteiger partial charge on any atom is 0.329 e. The highest BCUT2D eigenvalue weighted by Crippen LogP contribution is 2.34. The van der Waals surface area contributed by atoms with Gasteiger partial charge in [-0.1, -0.05) is 0 Å². The molecule has 3 rings (SSSR count). The van der Waals surface area contributed by atoms with Crippen molar-refractivity contribution >= 4 is 11.8 Å². The van der Waals surface area contributed by atoms with E-state index in [1.807, 2.05) is 0 Å². The molecule has 0 saturated heterocycles. The van der Waals surface area contributed by atoms with Gasteiger partial charge in [-0.2, -0.15) is 0 Å². The Morgan fingerprint density at radius 2 is 1.96 bits per heavy atom. The molecule has 0 saturated carbocycles. The summed E-state index contributed by atoms with van der Waals surface area (Å²) in [5, 5.41) is 9.53. The molecule has 26 heavy (non-hydrogen) atoms. The zero-order valence-corrected chi connectivity index (χ0v) is 14.4. The number of ether oxygens (including phenoxy) is 1. The van der Waals surface area contributed by atoms with E-state index in [0.29, 0.717) is 11.6 Å². The Hall–Kier alpha value is -2.77. The summed E-state index contributed by atoms with van der Waals surface area (Å²) < 4.78 is 46.4. The van der Waals surface area contributed by atoms with Crippen LogP contribution in [0.15, 0.2) is 40.7 Å². The highest BCUT2D eigenvalue weighted by molar-refractivity contribution is 6.03. The lowest BCUT2D eigenvalue weighted by Crippen LogP contribution is -2.48. The van der Waals surface area contributed by atoms with Gasteiger partial charge in [0.15, 0.2) is 29.3 Å². The molecule has 0 bridgehead atoms. The van der Waals surface area contributed by atoms with Crippen molar-refractivity contribution in [3.63, 3.8) is 0 Å². The van der Waals surface area contributed by atoms with Gasteiger partial charge in [0.1, 0.15) is 12.4 Å². The van der Waals surface area contributed by atoms with E-state index in [0.717, 1.165) is 6.07 Å². The minimum Gasteiger partial charge on any atom is -0.485 e. The zero-order chi connectivity index (χ0) is 19.2. The van der Waals surface area contributed by atoms with E-state index in [1.165, 1.54) is 4.90 Å². The van der Waals surface area contributed by atoms with Crippen LogP contribution in [0.5, 0.6) is 0 Å². The van der Waals surface area contributed by atoms with Crippen LogP contribution in [0.25, 0.3) is 0 Å². The van der Waals surface area contributed by atoms with Gasteiger partial charge < -0.3 is 14.7 Å². The zero-order valence-electron chi connectivity index (χ0n) is 14.4. The minimum atomic E-state index is -1.32. The Morgan fingerprint density at radius 3 is 2.62 bits per heavy atom. The summed E-state index contributed by atoms with van der Waals surface area (Å²) in [5.74, 6) is -4.05. The van der Waals surface area contributed by atoms with Crippen LogP contribution in [0.4, 0.5) is 13.2 Å². The number of hydrogen-bond acceptors (Lipinski definition) is 4. The molecule has 1 unspecified atom stereocenters. The number of amidine groups is 1. The first-order valence-corrected chi connectivity index (χ1v) is 7.88. The number of rotatable bonds is 4. The Bertz CT molecular complexity index is 875. The molecule has 0 aliphatic carbocycles. The summed E-state index contributed by atoms with van der Waals surface area (Å²) in [4.78, 5) is 17.5. The average molecular weight is 366 g/mol. The standard InChI is InChI=1S/C18H17F3N2O3/c1-9-6-13(26-8-10-11(19)4-5-12(20)14(10)21)16-22-18(2,3)15(17(24)25)23(16)7-9/h4-7,15H,8H2,1-3H3,(H,24,25). The van der Waals surface area contributed by atoms with Crippen molar-refractivity contribution in [3.8, 4) is 0 Å². The second kappa shape index (κ2) is 6.19. The number of hydrogen-bond donors (Lipinski definition) is 1. The third kappa shape index (κ3) is 2.95. The first kappa shape index (κ1) is 18.0. The lowest BCUT2D eigenvalue weighted by atomic mass is 9.96. The van der Waals surface area contributed by atoms with Crippen molar-refractivity contribution in [3.05, 3.63) is 58.8 Å². The fourth-order valence-corrected chi connectivity index (χ4v) is 3.08. The van der Waals surface area contributed by atoms with Crippen molar-refractivity contribution in [1.29, 1.82) is 0 Å². The number of carbonyl (C=O) groups is 1. The van der Waals surface area contributed by atoms with Gasteiger partial charge in [0, 0.05) is 6.20 Å². The molecule has 0 fully saturated rings. The first-order valence-electron chi connectivity index (χ1n) is 7.88. The molecule has 138 valence electrons. The molecule has 2 heterocycles. The highest BCUT2D eigenvalue weighted by atomic mass is 19.2. The van der Waals surface area contributed by atoms with E-state index < -0.39 is 47.2 Å². The molecule has 8 heteroatoms. The quantitative estimate of drug-likeness (QED) is 0.830. The van der Waals surface area contributed by atoms with E-state index in [1.54, 1.807) is 33.0 Å². The fraction of sp³-hybridized carbons (Fsp3) is 0.333. The van der Waals surface area contributed by atoms with Gasteiger partial charge in [-0.15, -0.1) is 0 Å². The van der Waals surface area contributed by atoms with E-state index in [-0.39, 0.29) is 11.6 Å². The summed E-state index contributed by atoms with van der Waals surface area (Å²) in [7, 11) is 0. The van der Waals surface area contributed by atoms with Gasteiger partial charge in [-0.3, -0.25) is 4.99 Å². The van der Waals surface area contributed by atoms with Crippen LogP contribution in [-0.2, 0) is 16.1 Å². The number of aliphatic carboxylic acids is 1. The number of allylic oxidation sites excluding steroid dienone is 2. The SMILES string of the molecule is CC1=CN2C(=NC(C)(C)C2C(=O)O)C(OCc2c(F)ccc(F)c2F)=C1. The predicted octanol–water partition coefficient (Wildman–Crippen LogP) is 3.37. The molecule has 2 aliphatic rings. The third-order valence-corrected chi connectivity index (χ3v) is 4.25. The normalized spacial score (nSPS) is 20.9. The van der Waals surface area contributed by atoms with Crippen LogP contribution in [0.2, 0.25) is 0 Å². The Morgan fingerprint density at radius 1 is 1.31 bits per heavy atom. The number of benzene rings is 1. The van der Waals surface area contributed by atoms with Crippen molar-refractivity contribution in [2.75, 3.05) is 0 Å². The second-order valence-corrected chi connectivity index (χ2v) is 6.73. The van der Waals surface area contributed by atoms with Crippen molar-refractivity contribution in [2.45, 2.75) is 39.0 Å². The van der Waals surface area contributed by atoms with E-state index in [9.17, 15) is 23.1 Å². The minimum absolute atomic E-state index is 0.171. The smallest absolute Gasteiger partial charge is 0.329 e. The van der Waals surface area contributed by atoms with Crippen LogP contribution in [0.3, 0.4) is 0 Å². The highest BCUT2D eigenvalue weighted by Gasteiger charge is 2.48. The molecule has 5 nitrogen and oxygen atoms in total. The first-order chi connectivity index (χ1) is 12.1. The molecule has 1 aromatic carbocycles. The number of carboxylic acid groups (broad SMARTS) is 1. The number of aliphatic imine (C=N–C) groups is 1. The van der Waals surface area contributed by atoms with Crippen LogP contribution in [0.1, 0.15) is 26.3 Å². The predicted molar refractivity (Wildman–Crippen MR) is 87.7 cm³/mol. The maximum absolute atomic E-state index is 13.8.